The molecular weight excluding hydrogens is 350 g/mol. The van der Waals surface area contributed by atoms with Crippen LogP contribution < -0.4 is 0 Å². The third-order valence-corrected chi connectivity index (χ3v) is 5.79. The maximum atomic E-state index is 5.08. The lowest BCUT2D eigenvalue weighted by molar-refractivity contribution is 0.182. The zero-order chi connectivity index (χ0) is 16.4. The van der Waals surface area contributed by atoms with E-state index in [1.165, 1.54) is 28.3 Å². The Kier molecular flexibility index (Phi) is 6.05. The standard InChI is InChI=1S/C20H23N3S.ClH/c1-2-11-22-12-14-23(15-13-22)20-16-7-3-5-9-18(16)24-19-10-6-4-8-17(19)21-20;/h3-10H,2,11-15H2,1H3;1H. The van der Waals surface area contributed by atoms with Gasteiger partial charge in [0.25, 0.3) is 0 Å². The van der Waals surface area contributed by atoms with Gasteiger partial charge in [0.05, 0.1) is 5.69 Å². The molecule has 0 aliphatic carbocycles. The molecule has 0 radical (unpaired) electrons. The molecule has 1 fully saturated rings. The fraction of sp³-hybridized carbons (Fsp3) is 0.350. The van der Waals surface area contributed by atoms with Crippen molar-refractivity contribution in [1.82, 2.24) is 9.80 Å². The number of hydrogen-bond acceptors (Lipinski definition) is 4. The van der Waals surface area contributed by atoms with Crippen LogP contribution in [0.15, 0.2) is 63.3 Å². The smallest absolute Gasteiger partial charge is 0.137 e. The molecule has 0 unspecified atom stereocenters. The van der Waals surface area contributed by atoms with Gasteiger partial charge in [-0.2, -0.15) is 0 Å². The number of piperazine rings is 1. The molecule has 0 saturated carbocycles. The number of aliphatic imine (C=N–C) groups is 1. The number of halogens is 1. The fourth-order valence-electron chi connectivity index (χ4n) is 3.41. The van der Waals surface area contributed by atoms with Crippen LogP contribution in [0.25, 0.3) is 0 Å². The van der Waals surface area contributed by atoms with Crippen molar-refractivity contribution in [3.8, 4) is 0 Å². The molecule has 2 heterocycles. The average molecular weight is 374 g/mol. The molecule has 0 N–H and O–H groups in total. The third kappa shape index (κ3) is 3.86. The molecular formula is C20H24ClN3S. The second-order valence-electron chi connectivity index (χ2n) is 6.33. The Bertz CT molecular complexity index is 754. The minimum Gasteiger partial charge on any atom is -0.354 e. The quantitative estimate of drug-likeness (QED) is 0.761. The molecule has 132 valence electrons. The monoisotopic (exact) mass is 373 g/mol. The van der Waals surface area contributed by atoms with Gasteiger partial charge in [0.2, 0.25) is 0 Å². The Labute approximate surface area is 160 Å². The molecule has 3 nitrogen and oxygen atoms in total. The summed E-state index contributed by atoms with van der Waals surface area (Å²) in [4.78, 5) is 12.6. The topological polar surface area (TPSA) is 18.8 Å². The van der Waals surface area contributed by atoms with E-state index < -0.39 is 0 Å². The Hall–Kier alpha value is -1.49. The van der Waals surface area contributed by atoms with Crippen LogP contribution in [0.2, 0.25) is 0 Å². The number of para-hydroxylation sites is 1. The van der Waals surface area contributed by atoms with Crippen LogP contribution in [-0.4, -0.2) is 48.4 Å². The number of benzene rings is 2. The molecule has 2 aromatic carbocycles. The van der Waals surface area contributed by atoms with Crippen molar-refractivity contribution in [1.29, 1.82) is 0 Å². The lowest BCUT2D eigenvalue weighted by Crippen LogP contribution is -2.49. The predicted molar refractivity (Wildman–Crippen MR) is 109 cm³/mol. The van der Waals surface area contributed by atoms with Crippen LogP contribution in [0.5, 0.6) is 0 Å². The highest BCUT2D eigenvalue weighted by atomic mass is 35.5. The molecule has 0 spiro atoms. The molecule has 0 bridgehead atoms. The lowest BCUT2D eigenvalue weighted by atomic mass is 10.1. The van der Waals surface area contributed by atoms with E-state index >= 15 is 0 Å². The summed E-state index contributed by atoms with van der Waals surface area (Å²) >= 11 is 1.83. The summed E-state index contributed by atoms with van der Waals surface area (Å²) in [5.74, 6) is 1.14. The minimum atomic E-state index is 0. The summed E-state index contributed by atoms with van der Waals surface area (Å²) < 4.78 is 0. The van der Waals surface area contributed by atoms with E-state index in [4.69, 9.17) is 4.99 Å². The van der Waals surface area contributed by atoms with Gasteiger partial charge in [-0.3, -0.25) is 4.90 Å². The summed E-state index contributed by atoms with van der Waals surface area (Å²) in [5.41, 5.74) is 2.35. The average Bonchev–Trinajstić information content (AvgIpc) is 2.79. The molecule has 25 heavy (non-hydrogen) atoms. The zero-order valence-electron chi connectivity index (χ0n) is 14.5. The van der Waals surface area contributed by atoms with Crippen molar-refractivity contribution in [2.24, 2.45) is 4.99 Å². The Morgan fingerprint density at radius 3 is 2.36 bits per heavy atom. The van der Waals surface area contributed by atoms with E-state index in [2.05, 4.69) is 65.3 Å². The zero-order valence-corrected chi connectivity index (χ0v) is 16.2. The Morgan fingerprint density at radius 2 is 1.60 bits per heavy atom. The number of fused-ring (bicyclic) bond motifs is 2. The van der Waals surface area contributed by atoms with Crippen LogP contribution in [0.4, 0.5) is 5.69 Å². The van der Waals surface area contributed by atoms with Gasteiger partial charge < -0.3 is 4.90 Å². The minimum absolute atomic E-state index is 0. The van der Waals surface area contributed by atoms with Crippen molar-refractivity contribution >= 4 is 35.7 Å². The summed E-state index contributed by atoms with van der Waals surface area (Å²) in [6, 6.07) is 17.1. The number of hydrogen-bond donors (Lipinski definition) is 0. The second kappa shape index (κ2) is 8.26. The molecule has 0 aromatic heterocycles. The van der Waals surface area contributed by atoms with Gasteiger partial charge in [0.15, 0.2) is 0 Å². The largest absolute Gasteiger partial charge is 0.354 e. The van der Waals surface area contributed by atoms with E-state index in [0.29, 0.717) is 0 Å². The summed E-state index contributed by atoms with van der Waals surface area (Å²) in [6.07, 6.45) is 1.23. The maximum Gasteiger partial charge on any atom is 0.137 e. The normalized spacial score (nSPS) is 17.0. The Balaban J connectivity index is 0.00000182. The van der Waals surface area contributed by atoms with Gasteiger partial charge in [0, 0.05) is 41.5 Å². The van der Waals surface area contributed by atoms with Gasteiger partial charge in [0.1, 0.15) is 5.84 Å². The van der Waals surface area contributed by atoms with Crippen LogP contribution in [0.1, 0.15) is 18.9 Å². The van der Waals surface area contributed by atoms with E-state index in [1.54, 1.807) is 0 Å². The fourth-order valence-corrected chi connectivity index (χ4v) is 4.43. The second-order valence-corrected chi connectivity index (χ2v) is 7.41. The Morgan fingerprint density at radius 1 is 0.920 bits per heavy atom. The first-order valence-electron chi connectivity index (χ1n) is 8.77. The highest BCUT2D eigenvalue weighted by Gasteiger charge is 2.24. The van der Waals surface area contributed by atoms with Gasteiger partial charge in [-0.25, -0.2) is 4.99 Å². The van der Waals surface area contributed by atoms with Gasteiger partial charge in [-0.15, -0.1) is 12.4 Å². The molecule has 0 amide bonds. The van der Waals surface area contributed by atoms with E-state index in [-0.39, 0.29) is 12.4 Å². The SMILES string of the molecule is CCCN1CCN(C2=Nc3ccccc3Sc3ccccc32)CC1.Cl. The molecule has 2 aliphatic heterocycles. The number of nitrogens with zero attached hydrogens (tertiary/aromatic N) is 3. The predicted octanol–water partition coefficient (Wildman–Crippen LogP) is 4.68. The van der Waals surface area contributed by atoms with E-state index in [0.717, 1.165) is 37.7 Å². The highest BCUT2D eigenvalue weighted by Crippen LogP contribution is 2.40. The van der Waals surface area contributed by atoms with Crippen LogP contribution in [-0.2, 0) is 0 Å². The van der Waals surface area contributed by atoms with Gasteiger partial charge >= 0.3 is 0 Å². The van der Waals surface area contributed by atoms with Gasteiger partial charge in [-0.05, 0) is 31.2 Å². The number of amidine groups is 1. The first-order valence-corrected chi connectivity index (χ1v) is 9.59. The molecule has 5 heteroatoms. The third-order valence-electron chi connectivity index (χ3n) is 4.65. The van der Waals surface area contributed by atoms with E-state index in [1.807, 2.05) is 11.8 Å². The van der Waals surface area contributed by atoms with Crippen molar-refractivity contribution in [3.05, 3.63) is 54.1 Å². The molecule has 0 atom stereocenters. The van der Waals surface area contributed by atoms with Crippen molar-refractivity contribution in [2.45, 2.75) is 23.1 Å². The van der Waals surface area contributed by atoms with Gasteiger partial charge in [-0.1, -0.05) is 49.0 Å². The van der Waals surface area contributed by atoms with Crippen LogP contribution in [0.3, 0.4) is 0 Å². The summed E-state index contributed by atoms with van der Waals surface area (Å²) in [5, 5.41) is 0. The van der Waals surface area contributed by atoms with E-state index in [9.17, 15) is 0 Å². The maximum absolute atomic E-state index is 5.08. The van der Waals surface area contributed by atoms with Crippen molar-refractivity contribution in [2.75, 3.05) is 32.7 Å². The molecule has 1 saturated heterocycles. The van der Waals surface area contributed by atoms with Crippen LogP contribution >= 0.6 is 24.2 Å². The number of rotatable bonds is 2. The molecule has 4 rings (SSSR count). The van der Waals surface area contributed by atoms with Crippen molar-refractivity contribution < 1.29 is 0 Å². The molecule has 2 aliphatic rings. The summed E-state index contributed by atoms with van der Waals surface area (Å²) in [6.45, 7) is 7.83. The van der Waals surface area contributed by atoms with Crippen LogP contribution in [0, 0.1) is 0 Å². The first-order chi connectivity index (χ1) is 11.8. The molecule has 2 aromatic rings. The lowest BCUT2D eigenvalue weighted by Gasteiger charge is -2.36. The highest BCUT2D eigenvalue weighted by molar-refractivity contribution is 7.99. The first kappa shape index (κ1) is 18.3. The van der Waals surface area contributed by atoms with Crippen molar-refractivity contribution in [3.63, 3.8) is 0 Å². The summed E-state index contributed by atoms with van der Waals surface area (Å²) in [7, 11) is 0.